The maximum Gasteiger partial charge on any atom is 0 e. The molecule has 0 radical (unpaired) electrons. The second-order valence-electron chi connectivity index (χ2n) is 0. The zero-order chi connectivity index (χ0) is 0. The maximum atomic E-state index is 0. The summed E-state index contributed by atoms with van der Waals surface area (Å²) in [5.74, 6) is 0. The van der Waals surface area contributed by atoms with Gasteiger partial charge >= 0.3 is 0 Å². The Morgan fingerprint density at radius 2 is 0.0833 bits per heavy atom. The van der Waals surface area contributed by atoms with Gasteiger partial charge in [-0.1, -0.05) is 0 Å². The van der Waals surface area contributed by atoms with Crippen LogP contribution in [-0.2, 0) is 188 Å². The third-order valence-electron chi connectivity index (χ3n) is 0. The van der Waals surface area contributed by atoms with Crippen molar-refractivity contribution in [2.45, 2.75) is 0 Å². The summed E-state index contributed by atoms with van der Waals surface area (Å²) in [4.78, 5) is 0. The van der Waals surface area contributed by atoms with Gasteiger partial charge in [-0.25, -0.2) is 0 Å². The summed E-state index contributed by atoms with van der Waals surface area (Å²) in [5, 5.41) is 0. The van der Waals surface area contributed by atoms with E-state index in [2.05, 4.69) is 0 Å². The van der Waals surface area contributed by atoms with Gasteiger partial charge in [0.1, 0.15) is 0 Å². The average Bonchev–Trinajstić information content (AvgIpc) is 0. The van der Waals surface area contributed by atoms with Gasteiger partial charge in [-0.2, -0.15) is 0 Å². The summed E-state index contributed by atoms with van der Waals surface area (Å²) in [6, 6.07) is 0. The largest absolute Gasteiger partial charge is 0.412 e. The van der Waals surface area contributed by atoms with E-state index >= 15 is 0 Å². The molecule has 0 heterocycles. The maximum absolute atomic E-state index is 0. The monoisotopic (exact) mass is 849 g/mol. The second kappa shape index (κ2) is 773. The third kappa shape index (κ3) is 692. The summed E-state index contributed by atoms with van der Waals surface area (Å²) >= 11 is 0. The van der Waals surface area contributed by atoms with E-state index in [1.807, 2.05) is 0 Å². The molecule has 26 N–H and O–H groups in total. The van der Waals surface area contributed by atoms with Crippen LogP contribution in [0.3, 0.4) is 0 Å². The Morgan fingerprint density at radius 1 is 0.0833 bits per heavy atom. The van der Waals surface area contributed by atoms with Crippen LogP contribution in [0.15, 0.2) is 0 Å². The van der Waals surface area contributed by atoms with E-state index in [9.17, 15) is 0 Å². The van der Waals surface area contributed by atoms with Crippen LogP contribution in [-0.4, -0.2) is 71.2 Å². The minimum atomic E-state index is 0. The van der Waals surface area contributed by atoms with Crippen molar-refractivity contribution in [2.75, 3.05) is 0 Å². The van der Waals surface area contributed by atoms with Gasteiger partial charge in [0, 0.05) is 188 Å². The van der Waals surface area contributed by atoms with Gasteiger partial charge in [0.15, 0.2) is 0 Å². The van der Waals surface area contributed by atoms with Crippen molar-refractivity contribution in [2.24, 2.45) is 0 Å². The molecule has 13 nitrogen and oxygen atoms in total. The summed E-state index contributed by atoms with van der Waals surface area (Å²) in [6.07, 6.45) is 0. The first-order valence-electron chi connectivity index (χ1n) is 0. The Hall–Kier alpha value is 5.19. The summed E-state index contributed by atoms with van der Waals surface area (Å²) in [5.41, 5.74) is 0. The molecule has 0 aliphatic carbocycles. The molecule has 0 amide bonds. The Balaban J connectivity index is 0. The Morgan fingerprint density at radius 3 is 0.0833 bits per heavy atom. The molecular formula is H26Fe11O13. The zero-order valence-electron chi connectivity index (χ0n) is 10.4. The molecule has 0 rings (SSSR count). The predicted molar refractivity (Wildman–Crippen MR) is 47.0 cm³/mol. The first kappa shape index (κ1) is 860. The molecule has 0 aliphatic rings. The molecule has 0 unspecified atom stereocenters. The van der Waals surface area contributed by atoms with Crippen LogP contribution < -0.4 is 0 Å². The normalized spacial score (nSPS) is 0. The van der Waals surface area contributed by atoms with E-state index in [1.165, 1.54) is 0 Å². The van der Waals surface area contributed by atoms with Crippen molar-refractivity contribution in [3.8, 4) is 0 Å². The Kier molecular flexibility index (Phi) is 27700. The third-order valence-corrected chi connectivity index (χ3v) is 0. The SMILES string of the molecule is O.O.O.O.O.O.O.O.O.O.O.O.O.[Fe].[Fe].[Fe].[Fe].[Fe].[Fe].[Fe].[Fe].[Fe].[Fe].[Fe]. The van der Waals surface area contributed by atoms with E-state index in [0.29, 0.717) is 0 Å². The van der Waals surface area contributed by atoms with Crippen molar-refractivity contribution in [3.05, 3.63) is 0 Å². The van der Waals surface area contributed by atoms with E-state index in [0.717, 1.165) is 0 Å². The van der Waals surface area contributed by atoms with Gasteiger partial charge in [0.2, 0.25) is 0 Å². The fourth-order valence-corrected chi connectivity index (χ4v) is 0. The van der Waals surface area contributed by atoms with Crippen LogP contribution in [0.5, 0.6) is 0 Å². The molecule has 24 heteroatoms. The number of hydrogen-bond donors (Lipinski definition) is 0. The molecule has 0 aliphatic heterocycles. The molecule has 0 aromatic heterocycles. The molecule has 0 fully saturated rings. The predicted octanol–water partition coefficient (Wildman–Crippen LogP) is -10.7. The topological polar surface area (TPSA) is 410 Å². The summed E-state index contributed by atoms with van der Waals surface area (Å²) in [6.45, 7) is 0. The van der Waals surface area contributed by atoms with Crippen molar-refractivity contribution in [1.82, 2.24) is 0 Å². The van der Waals surface area contributed by atoms with Gasteiger partial charge < -0.3 is 71.2 Å². The van der Waals surface area contributed by atoms with E-state index < -0.39 is 0 Å². The van der Waals surface area contributed by atoms with E-state index in [4.69, 9.17) is 0 Å². The number of rotatable bonds is 0. The Labute approximate surface area is 255 Å². The molecule has 0 aromatic carbocycles. The first-order valence-corrected chi connectivity index (χ1v) is 0. The molecule has 0 atom stereocenters. The van der Waals surface area contributed by atoms with E-state index in [1.54, 1.807) is 0 Å². The standard InChI is InChI=1S/11Fe.13H2O/h;;;;;;;;;;;13*1H2. The zero-order valence-corrected chi connectivity index (χ0v) is 22.5. The van der Waals surface area contributed by atoms with Crippen molar-refractivity contribution >= 4 is 0 Å². The molecule has 0 spiro atoms. The van der Waals surface area contributed by atoms with Crippen LogP contribution in [0.25, 0.3) is 0 Å². The van der Waals surface area contributed by atoms with Gasteiger partial charge in [-0.05, 0) is 0 Å². The summed E-state index contributed by atoms with van der Waals surface area (Å²) < 4.78 is 0. The fraction of sp³-hybridized carbons (Fsp3) is 0. The minimum absolute atomic E-state index is 0. The first-order chi connectivity index (χ1) is 0. The molecule has 24 heavy (non-hydrogen) atoms. The Bertz CT molecular complexity index is 23.9. The van der Waals surface area contributed by atoms with Crippen molar-refractivity contribution < 1.29 is 259 Å². The van der Waals surface area contributed by atoms with Crippen molar-refractivity contribution in [1.29, 1.82) is 0 Å². The average molecular weight is 848 g/mol. The molecule has 0 saturated heterocycles. The van der Waals surface area contributed by atoms with E-state index in [-0.39, 0.29) is 259 Å². The molecule has 0 saturated carbocycles. The van der Waals surface area contributed by atoms with Gasteiger partial charge in [-0.3, -0.25) is 0 Å². The molecular weight excluding hydrogens is 822 g/mol. The fourth-order valence-electron chi connectivity index (χ4n) is 0. The number of hydrogen-bond acceptors (Lipinski definition) is 0. The minimum Gasteiger partial charge on any atom is -0.412 e. The summed E-state index contributed by atoms with van der Waals surface area (Å²) in [7, 11) is 0. The quantitative estimate of drug-likeness (QED) is 0.205. The van der Waals surface area contributed by atoms with Gasteiger partial charge in [0.05, 0.1) is 0 Å². The van der Waals surface area contributed by atoms with Crippen molar-refractivity contribution in [3.63, 3.8) is 0 Å². The van der Waals surface area contributed by atoms with Crippen LogP contribution in [0.1, 0.15) is 0 Å². The van der Waals surface area contributed by atoms with Gasteiger partial charge in [0.25, 0.3) is 0 Å². The smallest absolute Gasteiger partial charge is 0 e. The molecule has 192 valence electrons. The second-order valence-corrected chi connectivity index (χ2v) is 0. The molecule has 0 bridgehead atoms. The van der Waals surface area contributed by atoms with Crippen LogP contribution in [0.2, 0.25) is 0 Å². The van der Waals surface area contributed by atoms with Crippen LogP contribution >= 0.6 is 0 Å². The van der Waals surface area contributed by atoms with Crippen LogP contribution in [0, 0.1) is 0 Å². The van der Waals surface area contributed by atoms with Gasteiger partial charge in [-0.15, -0.1) is 0 Å². The molecule has 0 aromatic rings. The van der Waals surface area contributed by atoms with Crippen LogP contribution in [0.4, 0.5) is 0 Å².